The van der Waals surface area contributed by atoms with Crippen molar-refractivity contribution in [3.63, 3.8) is 0 Å². The normalized spacial score (nSPS) is 29.7. The number of aliphatic hydroxyl groups is 3. The first-order valence-corrected chi connectivity index (χ1v) is 10.7. The summed E-state index contributed by atoms with van der Waals surface area (Å²) in [4.78, 5) is 39.6. The van der Waals surface area contributed by atoms with E-state index in [9.17, 15) is 34.8 Å². The molecule has 8 heteroatoms. The number of benzene rings is 1. The number of aldehydes is 1. The number of aryl methyl sites for hydroxylation is 1. The SMILES string of the molecule is CCCc1ccc(O)c2c1C[C@@H]1CC3C(N(C)C)C(O)=C(C=O)C(=O)[C@]3(O)C(O)=C1C2=O. The first kappa shape index (κ1) is 22.2. The van der Waals surface area contributed by atoms with Gasteiger partial charge in [0.05, 0.1) is 11.6 Å². The number of phenols is 1. The number of Topliss-reactive ketones (excluding diaryl/α,β-unsaturated/α-hetero) is 2. The Balaban J connectivity index is 1.95. The number of rotatable bonds is 4. The molecule has 0 fully saturated rings. The summed E-state index contributed by atoms with van der Waals surface area (Å²) in [5.41, 5.74) is -1.53. The van der Waals surface area contributed by atoms with E-state index < -0.39 is 52.1 Å². The lowest BCUT2D eigenvalue weighted by Crippen LogP contribution is -2.63. The minimum absolute atomic E-state index is 0.0808. The van der Waals surface area contributed by atoms with Gasteiger partial charge in [-0.2, -0.15) is 0 Å². The number of aromatic hydroxyl groups is 1. The van der Waals surface area contributed by atoms with Crippen LogP contribution < -0.4 is 0 Å². The molecule has 0 saturated carbocycles. The zero-order valence-corrected chi connectivity index (χ0v) is 18.3. The lowest BCUT2D eigenvalue weighted by Gasteiger charge is -2.50. The van der Waals surface area contributed by atoms with Gasteiger partial charge in [-0.1, -0.05) is 19.4 Å². The van der Waals surface area contributed by atoms with E-state index in [1.165, 1.54) is 6.07 Å². The van der Waals surface area contributed by atoms with Gasteiger partial charge < -0.3 is 20.4 Å². The van der Waals surface area contributed by atoms with Crippen LogP contribution in [-0.4, -0.2) is 68.9 Å². The highest BCUT2D eigenvalue weighted by molar-refractivity contribution is 6.20. The Kier molecular flexibility index (Phi) is 5.26. The molecule has 0 heterocycles. The van der Waals surface area contributed by atoms with Gasteiger partial charge in [-0.15, -0.1) is 0 Å². The molecule has 32 heavy (non-hydrogen) atoms. The number of fused-ring (bicyclic) bond motifs is 3. The molecule has 2 unspecified atom stereocenters. The number of carbonyl (C=O) groups excluding carboxylic acids is 3. The van der Waals surface area contributed by atoms with Gasteiger partial charge in [0.2, 0.25) is 5.78 Å². The Labute approximate surface area is 185 Å². The molecular formula is C24H27NO7. The Bertz CT molecular complexity index is 1100. The zero-order chi connectivity index (χ0) is 23.5. The van der Waals surface area contributed by atoms with Crippen LogP contribution >= 0.6 is 0 Å². The fourth-order valence-corrected chi connectivity index (χ4v) is 5.72. The summed E-state index contributed by atoms with van der Waals surface area (Å²) in [6, 6.07) is 2.33. The molecule has 4 rings (SSSR count). The van der Waals surface area contributed by atoms with Crippen LogP contribution in [0.1, 0.15) is 41.3 Å². The Morgan fingerprint density at radius 1 is 1.19 bits per heavy atom. The van der Waals surface area contributed by atoms with Crippen LogP contribution in [0.4, 0.5) is 0 Å². The highest BCUT2D eigenvalue weighted by atomic mass is 16.3. The fourth-order valence-electron chi connectivity index (χ4n) is 5.72. The third-order valence-corrected chi connectivity index (χ3v) is 7.13. The minimum Gasteiger partial charge on any atom is -0.510 e. The lowest BCUT2D eigenvalue weighted by molar-refractivity contribution is -0.147. The predicted molar refractivity (Wildman–Crippen MR) is 115 cm³/mol. The zero-order valence-electron chi connectivity index (χ0n) is 18.3. The summed E-state index contributed by atoms with van der Waals surface area (Å²) in [7, 11) is 3.27. The quantitative estimate of drug-likeness (QED) is 0.410. The van der Waals surface area contributed by atoms with Gasteiger partial charge in [-0.05, 0) is 56.5 Å². The monoisotopic (exact) mass is 441 g/mol. The Morgan fingerprint density at radius 2 is 1.88 bits per heavy atom. The molecule has 0 saturated heterocycles. The molecule has 0 amide bonds. The van der Waals surface area contributed by atoms with Crippen molar-refractivity contribution in [3.05, 3.63) is 51.5 Å². The van der Waals surface area contributed by atoms with Gasteiger partial charge in [-0.3, -0.25) is 19.3 Å². The highest BCUT2D eigenvalue weighted by Gasteiger charge is 2.62. The summed E-state index contributed by atoms with van der Waals surface area (Å²) >= 11 is 0. The van der Waals surface area contributed by atoms with E-state index in [1.807, 2.05) is 6.92 Å². The number of hydrogen-bond acceptors (Lipinski definition) is 8. The number of phenolic OH excluding ortho intramolecular Hbond substituents is 1. The number of ketones is 2. The molecule has 1 aromatic carbocycles. The summed E-state index contributed by atoms with van der Waals surface area (Å²) in [5.74, 6) is -4.70. The van der Waals surface area contributed by atoms with E-state index in [1.54, 1.807) is 25.1 Å². The van der Waals surface area contributed by atoms with Crippen molar-refractivity contribution in [1.29, 1.82) is 0 Å². The van der Waals surface area contributed by atoms with E-state index >= 15 is 0 Å². The molecule has 0 spiro atoms. The van der Waals surface area contributed by atoms with Gasteiger partial charge in [0, 0.05) is 11.5 Å². The molecule has 8 nitrogen and oxygen atoms in total. The molecule has 0 radical (unpaired) electrons. The Morgan fingerprint density at radius 3 is 2.47 bits per heavy atom. The highest BCUT2D eigenvalue weighted by Crippen LogP contribution is 2.52. The van der Waals surface area contributed by atoms with Gasteiger partial charge in [0.15, 0.2) is 17.7 Å². The second-order valence-corrected chi connectivity index (χ2v) is 9.10. The maximum atomic E-state index is 13.5. The third-order valence-electron chi connectivity index (χ3n) is 7.13. The fraction of sp³-hybridized carbons (Fsp3) is 0.458. The van der Waals surface area contributed by atoms with Gasteiger partial charge in [0.1, 0.15) is 22.8 Å². The first-order valence-electron chi connectivity index (χ1n) is 10.7. The number of hydrogen-bond donors (Lipinski definition) is 4. The van der Waals surface area contributed by atoms with Crippen LogP contribution in [0.3, 0.4) is 0 Å². The summed E-state index contributed by atoms with van der Waals surface area (Å²) in [6.07, 6.45) is 2.19. The van der Waals surface area contributed by atoms with Crippen molar-refractivity contribution < 1.29 is 34.8 Å². The van der Waals surface area contributed by atoms with Gasteiger partial charge >= 0.3 is 0 Å². The lowest BCUT2D eigenvalue weighted by atomic mass is 9.58. The number of carbonyl (C=O) groups is 3. The van der Waals surface area contributed by atoms with Gasteiger partial charge in [-0.25, -0.2) is 0 Å². The maximum Gasteiger partial charge on any atom is 0.209 e. The van der Waals surface area contributed by atoms with E-state index in [4.69, 9.17) is 0 Å². The molecular weight excluding hydrogens is 414 g/mol. The van der Waals surface area contributed by atoms with Crippen molar-refractivity contribution in [1.82, 2.24) is 4.90 Å². The molecule has 0 aromatic heterocycles. The van der Waals surface area contributed by atoms with Crippen LogP contribution in [0, 0.1) is 11.8 Å². The minimum atomic E-state index is -2.52. The largest absolute Gasteiger partial charge is 0.510 e. The number of aliphatic hydroxyl groups excluding tert-OH is 2. The van der Waals surface area contributed by atoms with Crippen molar-refractivity contribution >= 4 is 17.9 Å². The van der Waals surface area contributed by atoms with E-state index in [2.05, 4.69) is 0 Å². The van der Waals surface area contributed by atoms with Crippen LogP contribution in [0.2, 0.25) is 0 Å². The molecule has 0 bridgehead atoms. The predicted octanol–water partition coefficient (Wildman–Crippen LogP) is 1.79. The molecule has 3 aliphatic carbocycles. The maximum absolute atomic E-state index is 13.5. The number of allylic oxidation sites excluding steroid dienone is 1. The van der Waals surface area contributed by atoms with E-state index in [0.29, 0.717) is 18.4 Å². The van der Waals surface area contributed by atoms with Crippen LogP contribution in [-0.2, 0) is 22.4 Å². The molecule has 1 aromatic rings. The van der Waals surface area contributed by atoms with Gasteiger partial charge in [0.25, 0.3) is 0 Å². The number of likely N-dealkylation sites (N-methyl/N-ethyl adjacent to an activating group) is 1. The van der Waals surface area contributed by atoms with E-state index in [0.717, 1.165) is 12.0 Å². The van der Waals surface area contributed by atoms with Crippen molar-refractivity contribution in [2.75, 3.05) is 14.1 Å². The standard InChI is InChI=1S/C24H27NO7/c1-4-5-11-6-7-16(27)18-13(11)8-12-9-15-19(25(2)3)20(28)14(10-26)22(30)24(15,32)23(31)17(12)21(18)29/h6-7,10,12,15,19,27-28,31-32H,4-5,8-9H2,1-3H3/t12-,15?,19?,24+/m1/s1. The average molecular weight is 441 g/mol. The Hall–Kier alpha value is -2.97. The summed E-state index contributed by atoms with van der Waals surface area (Å²) < 4.78 is 0. The smallest absolute Gasteiger partial charge is 0.209 e. The van der Waals surface area contributed by atoms with Crippen LogP contribution in [0.25, 0.3) is 0 Å². The second kappa shape index (κ2) is 7.56. The molecule has 170 valence electrons. The molecule has 3 aliphatic rings. The molecule has 0 aliphatic heterocycles. The van der Waals surface area contributed by atoms with Crippen molar-refractivity contribution in [3.8, 4) is 5.75 Å². The summed E-state index contributed by atoms with van der Waals surface area (Å²) in [5, 5.41) is 43.7. The van der Waals surface area contributed by atoms with Crippen molar-refractivity contribution in [2.45, 2.75) is 44.2 Å². The summed E-state index contributed by atoms with van der Waals surface area (Å²) in [6.45, 7) is 2.01. The number of nitrogens with zero attached hydrogens (tertiary/aromatic N) is 1. The van der Waals surface area contributed by atoms with Crippen LogP contribution in [0.5, 0.6) is 5.75 Å². The second-order valence-electron chi connectivity index (χ2n) is 9.10. The topological polar surface area (TPSA) is 135 Å². The first-order chi connectivity index (χ1) is 15.1. The average Bonchev–Trinajstić information content (AvgIpc) is 2.73. The molecule has 4 N–H and O–H groups in total. The van der Waals surface area contributed by atoms with E-state index in [-0.39, 0.29) is 29.6 Å². The molecule has 4 atom stereocenters. The van der Waals surface area contributed by atoms with Crippen molar-refractivity contribution in [2.24, 2.45) is 11.8 Å². The van der Waals surface area contributed by atoms with Crippen LogP contribution in [0.15, 0.2) is 34.8 Å². The third kappa shape index (κ3) is 2.79.